The van der Waals surface area contributed by atoms with Gasteiger partial charge < -0.3 is 5.32 Å². The molecule has 130 valence electrons. The number of benzene rings is 2. The Balaban J connectivity index is 1.69. The molecule has 0 unspecified atom stereocenters. The molecule has 26 heavy (non-hydrogen) atoms. The molecule has 0 fully saturated rings. The molecule has 4 rings (SSSR count). The Morgan fingerprint density at radius 1 is 1.23 bits per heavy atom. The van der Waals surface area contributed by atoms with Gasteiger partial charge in [0.05, 0.1) is 27.9 Å². The molecule has 8 heteroatoms. The van der Waals surface area contributed by atoms with Crippen LogP contribution in [0.2, 0.25) is 5.02 Å². The van der Waals surface area contributed by atoms with Crippen molar-refractivity contribution in [2.24, 2.45) is 0 Å². The molecule has 2 aromatic carbocycles. The fourth-order valence-electron chi connectivity index (χ4n) is 2.69. The topological polar surface area (TPSA) is 64.0 Å². The number of amides is 1. The number of rotatable bonds is 3. The number of anilines is 1. The maximum atomic E-state index is 14.1. The highest BCUT2D eigenvalue weighted by molar-refractivity contribution is 7.25. The molecular formula is C18H11ClFN3O2S. The van der Waals surface area contributed by atoms with Gasteiger partial charge in [0.2, 0.25) is 5.91 Å². The second-order valence-electron chi connectivity index (χ2n) is 5.60. The van der Waals surface area contributed by atoms with Crippen LogP contribution in [0, 0.1) is 5.82 Å². The van der Waals surface area contributed by atoms with E-state index < -0.39 is 11.7 Å². The number of hydrogen-bond acceptors (Lipinski definition) is 4. The van der Waals surface area contributed by atoms with Crippen molar-refractivity contribution in [3.05, 3.63) is 70.0 Å². The zero-order valence-corrected chi connectivity index (χ0v) is 14.8. The monoisotopic (exact) mass is 387 g/mol. The maximum Gasteiger partial charge on any atom is 0.271 e. The molecule has 2 heterocycles. The minimum absolute atomic E-state index is 0.219. The second-order valence-corrected chi connectivity index (χ2v) is 7.06. The molecule has 0 bridgehead atoms. The quantitative estimate of drug-likeness (QED) is 0.577. The molecule has 1 N–H and O–H groups in total. The van der Waals surface area contributed by atoms with Crippen LogP contribution < -0.4 is 10.9 Å². The van der Waals surface area contributed by atoms with Crippen LogP contribution in [-0.2, 0) is 11.3 Å². The summed E-state index contributed by atoms with van der Waals surface area (Å²) in [5, 5.41) is 3.39. The largest absolute Gasteiger partial charge is 0.323 e. The summed E-state index contributed by atoms with van der Waals surface area (Å²) in [6.07, 6.45) is 1.26. The summed E-state index contributed by atoms with van der Waals surface area (Å²) in [5.41, 5.74) is 0.394. The van der Waals surface area contributed by atoms with Gasteiger partial charge >= 0.3 is 0 Å². The Labute approximate surface area is 155 Å². The van der Waals surface area contributed by atoms with Crippen LogP contribution in [0.5, 0.6) is 0 Å². The summed E-state index contributed by atoms with van der Waals surface area (Å²) in [7, 11) is 0. The molecular weight excluding hydrogens is 377 g/mol. The molecule has 0 radical (unpaired) electrons. The highest BCUT2D eigenvalue weighted by Crippen LogP contribution is 2.31. The number of hydrogen-bond donors (Lipinski definition) is 1. The first-order chi connectivity index (χ1) is 12.5. The van der Waals surface area contributed by atoms with E-state index in [1.165, 1.54) is 17.0 Å². The molecule has 0 spiro atoms. The SMILES string of the molecule is O=C(Cn1cnc2c(sc3cccc(F)c32)c1=O)Nc1ccccc1Cl. The lowest BCUT2D eigenvalue weighted by atomic mass is 10.2. The molecule has 0 aliphatic rings. The first-order valence-electron chi connectivity index (χ1n) is 7.65. The Morgan fingerprint density at radius 2 is 2.04 bits per heavy atom. The fraction of sp³-hybridized carbons (Fsp3) is 0.0556. The summed E-state index contributed by atoms with van der Waals surface area (Å²) in [4.78, 5) is 29.1. The van der Waals surface area contributed by atoms with Crippen molar-refractivity contribution in [3.63, 3.8) is 0 Å². The highest BCUT2D eigenvalue weighted by atomic mass is 35.5. The normalized spacial score (nSPS) is 11.2. The van der Waals surface area contributed by atoms with Gasteiger partial charge in [-0.3, -0.25) is 14.2 Å². The van der Waals surface area contributed by atoms with E-state index in [0.717, 1.165) is 11.3 Å². The van der Waals surface area contributed by atoms with Gasteiger partial charge in [-0.25, -0.2) is 9.37 Å². The average molecular weight is 388 g/mol. The molecule has 0 aliphatic heterocycles. The van der Waals surface area contributed by atoms with Gasteiger partial charge in [-0.1, -0.05) is 29.8 Å². The third kappa shape index (κ3) is 2.85. The third-order valence-electron chi connectivity index (χ3n) is 3.88. The smallest absolute Gasteiger partial charge is 0.271 e. The van der Waals surface area contributed by atoms with Crippen LogP contribution in [0.25, 0.3) is 20.3 Å². The Morgan fingerprint density at radius 3 is 2.85 bits per heavy atom. The summed E-state index contributed by atoms with van der Waals surface area (Å²) < 4.78 is 16.2. The van der Waals surface area contributed by atoms with Gasteiger partial charge in [0.25, 0.3) is 5.56 Å². The van der Waals surface area contributed by atoms with E-state index in [2.05, 4.69) is 10.3 Å². The van der Waals surface area contributed by atoms with Gasteiger partial charge in [0.1, 0.15) is 17.1 Å². The molecule has 0 aliphatic carbocycles. The lowest BCUT2D eigenvalue weighted by Gasteiger charge is -2.08. The standard InChI is InChI=1S/C18H11ClFN3O2S/c19-10-4-1-2-6-12(10)22-14(24)8-23-9-21-16-15-11(20)5-3-7-13(15)26-17(16)18(23)25/h1-7,9H,8H2,(H,22,24). The predicted octanol–water partition coefficient (Wildman–Crippen LogP) is 4.04. The van der Waals surface area contributed by atoms with Crippen molar-refractivity contribution >= 4 is 54.8 Å². The van der Waals surface area contributed by atoms with Crippen molar-refractivity contribution < 1.29 is 9.18 Å². The number of nitrogens with zero attached hydrogens (tertiary/aromatic N) is 2. The van der Waals surface area contributed by atoms with Crippen LogP contribution in [0.15, 0.2) is 53.6 Å². The Hall–Kier alpha value is -2.77. The van der Waals surface area contributed by atoms with Gasteiger partial charge in [-0.05, 0) is 24.3 Å². The van der Waals surface area contributed by atoms with E-state index in [-0.39, 0.29) is 12.1 Å². The van der Waals surface area contributed by atoms with Gasteiger partial charge in [0, 0.05) is 4.70 Å². The highest BCUT2D eigenvalue weighted by Gasteiger charge is 2.16. The fourth-order valence-corrected chi connectivity index (χ4v) is 3.99. The van der Waals surface area contributed by atoms with Crippen LogP contribution in [0.3, 0.4) is 0 Å². The van der Waals surface area contributed by atoms with Gasteiger partial charge in [-0.2, -0.15) is 0 Å². The Kier molecular flexibility index (Phi) is 4.18. The number of nitrogens with one attached hydrogen (secondary N) is 1. The lowest BCUT2D eigenvalue weighted by molar-refractivity contribution is -0.116. The van der Waals surface area contributed by atoms with E-state index in [1.807, 2.05) is 0 Å². The zero-order chi connectivity index (χ0) is 18.3. The Bertz CT molecular complexity index is 1220. The minimum Gasteiger partial charge on any atom is -0.323 e. The van der Waals surface area contributed by atoms with Crippen molar-refractivity contribution in [1.82, 2.24) is 9.55 Å². The predicted molar refractivity (Wildman–Crippen MR) is 101 cm³/mol. The molecule has 0 saturated carbocycles. The van der Waals surface area contributed by atoms with Crippen LogP contribution in [0.1, 0.15) is 0 Å². The number of fused-ring (bicyclic) bond motifs is 3. The minimum atomic E-state index is -0.421. The molecule has 0 saturated heterocycles. The van der Waals surface area contributed by atoms with Crippen LogP contribution >= 0.6 is 22.9 Å². The first-order valence-corrected chi connectivity index (χ1v) is 8.84. The second kappa shape index (κ2) is 6.51. The van der Waals surface area contributed by atoms with Crippen molar-refractivity contribution in [3.8, 4) is 0 Å². The van der Waals surface area contributed by atoms with E-state index >= 15 is 0 Å². The number of carbonyl (C=O) groups is 1. The van der Waals surface area contributed by atoms with E-state index in [1.54, 1.807) is 36.4 Å². The number of aromatic nitrogens is 2. The van der Waals surface area contributed by atoms with Crippen LogP contribution in [0.4, 0.5) is 10.1 Å². The number of halogens is 2. The lowest BCUT2D eigenvalue weighted by Crippen LogP contribution is -2.27. The van der Waals surface area contributed by atoms with E-state index in [0.29, 0.717) is 31.0 Å². The van der Waals surface area contributed by atoms with Crippen molar-refractivity contribution in [2.45, 2.75) is 6.54 Å². The summed E-state index contributed by atoms with van der Waals surface area (Å²) >= 11 is 7.17. The third-order valence-corrected chi connectivity index (χ3v) is 5.34. The van der Waals surface area contributed by atoms with Gasteiger partial charge in [0.15, 0.2) is 0 Å². The average Bonchev–Trinajstić information content (AvgIpc) is 3.00. The molecule has 0 atom stereocenters. The molecule has 2 aromatic heterocycles. The van der Waals surface area contributed by atoms with Crippen LogP contribution in [-0.4, -0.2) is 15.5 Å². The number of thiophene rings is 1. The number of para-hydroxylation sites is 1. The van der Waals surface area contributed by atoms with E-state index in [9.17, 15) is 14.0 Å². The van der Waals surface area contributed by atoms with E-state index in [4.69, 9.17) is 11.6 Å². The first kappa shape index (κ1) is 16.7. The zero-order valence-electron chi connectivity index (χ0n) is 13.2. The summed E-state index contributed by atoms with van der Waals surface area (Å²) in [5.74, 6) is -0.830. The van der Waals surface area contributed by atoms with Crippen molar-refractivity contribution in [1.29, 1.82) is 0 Å². The summed E-state index contributed by atoms with van der Waals surface area (Å²) in [6.45, 7) is -0.219. The number of carbonyl (C=O) groups excluding carboxylic acids is 1. The summed E-state index contributed by atoms with van der Waals surface area (Å²) in [6, 6.07) is 11.5. The molecule has 1 amide bonds. The molecule has 5 nitrogen and oxygen atoms in total. The van der Waals surface area contributed by atoms with Crippen molar-refractivity contribution in [2.75, 3.05) is 5.32 Å². The van der Waals surface area contributed by atoms with Gasteiger partial charge in [-0.15, -0.1) is 11.3 Å². The molecule has 4 aromatic rings. The maximum absolute atomic E-state index is 14.1.